The highest BCUT2D eigenvalue weighted by atomic mass is 19.1. The zero-order valence-electron chi connectivity index (χ0n) is 17.2. The summed E-state index contributed by atoms with van der Waals surface area (Å²) in [6.45, 7) is 3.74. The molecule has 0 amide bonds. The van der Waals surface area contributed by atoms with E-state index >= 15 is 0 Å². The van der Waals surface area contributed by atoms with Crippen LogP contribution in [0.3, 0.4) is 0 Å². The van der Waals surface area contributed by atoms with Gasteiger partial charge < -0.3 is 10.0 Å². The lowest BCUT2D eigenvalue weighted by Crippen LogP contribution is -2.52. The molecule has 5 rings (SSSR count). The molecule has 1 spiro atoms. The Morgan fingerprint density at radius 2 is 1.77 bits per heavy atom. The van der Waals surface area contributed by atoms with Crippen molar-refractivity contribution in [2.45, 2.75) is 49.7 Å². The van der Waals surface area contributed by atoms with Crippen LogP contribution in [0.4, 0.5) is 10.1 Å². The summed E-state index contributed by atoms with van der Waals surface area (Å²) in [5.41, 5.74) is 3.65. The number of halogens is 1. The van der Waals surface area contributed by atoms with Crippen molar-refractivity contribution in [3.8, 4) is 6.07 Å². The molecule has 2 aromatic rings. The molecule has 0 bridgehead atoms. The maximum absolute atomic E-state index is 14.0. The Bertz CT molecular complexity index is 969. The molecule has 2 aromatic carbocycles. The number of aliphatic hydroxyl groups excluding tert-OH is 1. The summed E-state index contributed by atoms with van der Waals surface area (Å²) in [6, 6.07) is 15.9. The lowest BCUT2D eigenvalue weighted by molar-refractivity contribution is 0.0935. The van der Waals surface area contributed by atoms with Crippen LogP contribution in [0.5, 0.6) is 0 Å². The monoisotopic (exact) mass is 405 g/mol. The van der Waals surface area contributed by atoms with Crippen molar-refractivity contribution in [2.24, 2.45) is 0 Å². The Kier molecular flexibility index (Phi) is 5.00. The van der Waals surface area contributed by atoms with Crippen molar-refractivity contribution in [3.63, 3.8) is 0 Å². The fraction of sp³-hybridized carbons (Fsp3) is 0.480. The van der Waals surface area contributed by atoms with E-state index in [1.165, 1.54) is 24.5 Å². The van der Waals surface area contributed by atoms with Crippen LogP contribution in [-0.2, 0) is 5.41 Å². The molecule has 5 heteroatoms. The summed E-state index contributed by atoms with van der Waals surface area (Å²) in [6.07, 6.45) is 5.20. The number of piperazine rings is 1. The average molecular weight is 406 g/mol. The van der Waals surface area contributed by atoms with E-state index < -0.39 is 5.82 Å². The van der Waals surface area contributed by atoms with E-state index in [2.05, 4.69) is 28.0 Å². The zero-order valence-corrected chi connectivity index (χ0v) is 17.2. The van der Waals surface area contributed by atoms with Gasteiger partial charge in [-0.25, -0.2) is 4.39 Å². The molecular formula is C25H28FN3O. The molecule has 1 saturated heterocycles. The van der Waals surface area contributed by atoms with Crippen LogP contribution in [0.25, 0.3) is 0 Å². The van der Waals surface area contributed by atoms with Gasteiger partial charge in [0, 0.05) is 37.9 Å². The van der Waals surface area contributed by atoms with Crippen LogP contribution in [-0.4, -0.2) is 42.2 Å². The van der Waals surface area contributed by atoms with Crippen LogP contribution >= 0.6 is 0 Å². The van der Waals surface area contributed by atoms with Gasteiger partial charge in [-0.3, -0.25) is 4.90 Å². The Hall–Kier alpha value is -2.42. The second kappa shape index (κ2) is 7.68. The fourth-order valence-corrected chi connectivity index (χ4v) is 5.99. The smallest absolute Gasteiger partial charge is 0.143 e. The first-order chi connectivity index (χ1) is 14.6. The molecular weight excluding hydrogens is 377 g/mol. The van der Waals surface area contributed by atoms with Gasteiger partial charge in [-0.2, -0.15) is 5.26 Å². The van der Waals surface area contributed by atoms with E-state index in [1.807, 2.05) is 18.2 Å². The summed E-state index contributed by atoms with van der Waals surface area (Å²) >= 11 is 0. The van der Waals surface area contributed by atoms with E-state index in [4.69, 9.17) is 5.26 Å². The topological polar surface area (TPSA) is 50.5 Å². The minimum absolute atomic E-state index is 0.104. The number of hydrogen-bond acceptors (Lipinski definition) is 4. The number of fused-ring (bicyclic) bond motifs is 2. The molecule has 1 aliphatic heterocycles. The SMILES string of the molecule is N#Cc1ccc(N2CCN(C3CCC4(CC3)C[C@H](O)c3ccccc34)CC2)cc1F. The second-order valence-electron chi connectivity index (χ2n) is 9.12. The number of benzene rings is 2. The van der Waals surface area contributed by atoms with Crippen molar-refractivity contribution < 1.29 is 9.50 Å². The van der Waals surface area contributed by atoms with E-state index in [0.29, 0.717) is 6.04 Å². The predicted octanol–water partition coefficient (Wildman–Crippen LogP) is 4.14. The molecule has 1 atom stereocenters. The number of rotatable bonds is 2. The molecule has 30 heavy (non-hydrogen) atoms. The fourth-order valence-electron chi connectivity index (χ4n) is 5.99. The van der Waals surface area contributed by atoms with Gasteiger partial charge in [0.05, 0.1) is 11.7 Å². The second-order valence-corrected chi connectivity index (χ2v) is 9.12. The van der Waals surface area contributed by atoms with Gasteiger partial charge in [-0.05, 0) is 66.8 Å². The third-order valence-corrected chi connectivity index (χ3v) is 7.66. The zero-order chi connectivity index (χ0) is 20.7. The highest BCUT2D eigenvalue weighted by molar-refractivity contribution is 5.51. The number of nitrogens with zero attached hydrogens (tertiary/aromatic N) is 3. The Morgan fingerprint density at radius 1 is 1.03 bits per heavy atom. The summed E-state index contributed by atoms with van der Waals surface area (Å²) in [4.78, 5) is 4.81. The minimum atomic E-state index is -0.436. The van der Waals surface area contributed by atoms with Gasteiger partial charge in [-0.15, -0.1) is 0 Å². The third kappa shape index (κ3) is 3.29. The average Bonchev–Trinajstić information content (AvgIpc) is 3.06. The van der Waals surface area contributed by atoms with Gasteiger partial charge in [0.15, 0.2) is 0 Å². The predicted molar refractivity (Wildman–Crippen MR) is 115 cm³/mol. The first-order valence-electron chi connectivity index (χ1n) is 11.1. The van der Waals surface area contributed by atoms with E-state index in [-0.39, 0.29) is 17.1 Å². The van der Waals surface area contributed by atoms with Crippen molar-refractivity contribution in [2.75, 3.05) is 31.1 Å². The van der Waals surface area contributed by atoms with E-state index in [9.17, 15) is 9.50 Å². The summed E-state index contributed by atoms with van der Waals surface area (Å²) < 4.78 is 14.0. The Balaban J connectivity index is 1.20. The number of hydrogen-bond donors (Lipinski definition) is 1. The molecule has 3 aliphatic rings. The molecule has 1 saturated carbocycles. The van der Waals surface area contributed by atoms with Gasteiger partial charge in [0.25, 0.3) is 0 Å². The lowest BCUT2D eigenvalue weighted by atomic mass is 9.68. The van der Waals surface area contributed by atoms with Crippen molar-refractivity contribution >= 4 is 5.69 Å². The molecule has 1 N–H and O–H groups in total. The first-order valence-corrected chi connectivity index (χ1v) is 11.1. The Morgan fingerprint density at radius 3 is 2.47 bits per heavy atom. The standard InChI is InChI=1S/C25H28FN3O/c26-23-15-20(6-5-18(23)17-27)29-13-11-28(12-14-29)19-7-9-25(10-8-19)16-24(30)21-3-1-2-4-22(21)25/h1-6,15,19,24,30H,7-14,16H2/t19?,24-,25?/m0/s1. The van der Waals surface area contributed by atoms with Crippen LogP contribution in [0.2, 0.25) is 0 Å². The van der Waals surface area contributed by atoms with Gasteiger partial charge >= 0.3 is 0 Å². The maximum atomic E-state index is 14.0. The molecule has 1 heterocycles. The molecule has 0 unspecified atom stereocenters. The third-order valence-electron chi connectivity index (χ3n) is 7.66. The number of anilines is 1. The quantitative estimate of drug-likeness (QED) is 0.816. The maximum Gasteiger partial charge on any atom is 0.143 e. The van der Waals surface area contributed by atoms with Crippen LogP contribution in [0, 0.1) is 17.1 Å². The van der Waals surface area contributed by atoms with Gasteiger partial charge in [-0.1, -0.05) is 24.3 Å². The summed E-state index contributed by atoms with van der Waals surface area (Å²) in [5, 5.41) is 19.5. The van der Waals surface area contributed by atoms with Crippen LogP contribution < -0.4 is 4.90 Å². The molecule has 2 fully saturated rings. The first kappa shape index (κ1) is 19.5. The van der Waals surface area contributed by atoms with Gasteiger partial charge in [0.2, 0.25) is 0 Å². The molecule has 2 aliphatic carbocycles. The van der Waals surface area contributed by atoms with Gasteiger partial charge in [0.1, 0.15) is 11.9 Å². The molecule has 4 nitrogen and oxygen atoms in total. The number of nitriles is 1. The lowest BCUT2D eigenvalue weighted by Gasteiger charge is -2.45. The minimum Gasteiger partial charge on any atom is -0.388 e. The summed E-state index contributed by atoms with van der Waals surface area (Å²) in [5.74, 6) is -0.436. The largest absolute Gasteiger partial charge is 0.388 e. The van der Waals surface area contributed by atoms with Crippen molar-refractivity contribution in [1.29, 1.82) is 5.26 Å². The van der Waals surface area contributed by atoms with Crippen LogP contribution in [0.1, 0.15) is 54.9 Å². The summed E-state index contributed by atoms with van der Waals surface area (Å²) in [7, 11) is 0. The highest BCUT2D eigenvalue weighted by Gasteiger charge is 2.45. The highest BCUT2D eigenvalue weighted by Crippen LogP contribution is 2.53. The van der Waals surface area contributed by atoms with Crippen molar-refractivity contribution in [3.05, 3.63) is 65.0 Å². The van der Waals surface area contributed by atoms with Crippen LogP contribution in [0.15, 0.2) is 42.5 Å². The molecule has 0 aromatic heterocycles. The number of aliphatic hydroxyl groups is 1. The Labute approximate surface area is 177 Å². The molecule has 0 radical (unpaired) electrons. The van der Waals surface area contributed by atoms with E-state index in [0.717, 1.165) is 56.7 Å². The van der Waals surface area contributed by atoms with E-state index in [1.54, 1.807) is 6.07 Å². The normalized spacial score (nSPS) is 29.0. The molecule has 156 valence electrons. The van der Waals surface area contributed by atoms with Crippen molar-refractivity contribution in [1.82, 2.24) is 4.90 Å².